The first-order chi connectivity index (χ1) is 3.41. The summed E-state index contributed by atoms with van der Waals surface area (Å²) in [6.07, 6.45) is 2.16. The first-order valence-electron chi connectivity index (χ1n) is 2.35. The van der Waals surface area contributed by atoms with Gasteiger partial charge in [-0.2, -0.15) is 0 Å². The van der Waals surface area contributed by atoms with E-state index in [4.69, 9.17) is 8.80 Å². The molecule has 0 fully saturated rings. The highest BCUT2D eigenvalue weighted by atomic mass is 127. The van der Waals surface area contributed by atoms with E-state index in [1.165, 1.54) is 0 Å². The lowest BCUT2D eigenvalue weighted by molar-refractivity contribution is 0.408. The molecule has 3 heteroatoms. The molecule has 0 atom stereocenters. The maximum absolute atomic E-state index is 5.21. The number of halogens is 1. The van der Waals surface area contributed by atoms with Gasteiger partial charge in [0.1, 0.15) is 23.0 Å². The van der Waals surface area contributed by atoms with Crippen LogP contribution in [0.4, 0.5) is 0 Å². The third-order valence-corrected chi connectivity index (χ3v) is 1.12. The summed E-state index contributed by atoms with van der Waals surface area (Å²) in [7, 11) is 0. The SMILES string of the molecule is NCCCCOI. The number of hydrogen-bond acceptors (Lipinski definition) is 2. The van der Waals surface area contributed by atoms with Crippen LogP contribution in [0.1, 0.15) is 12.8 Å². The molecule has 0 aliphatic heterocycles. The second-order valence-corrected chi connectivity index (χ2v) is 1.93. The Morgan fingerprint density at radius 2 is 2.14 bits per heavy atom. The Morgan fingerprint density at radius 3 is 2.57 bits per heavy atom. The first-order valence-corrected chi connectivity index (χ1v) is 3.23. The number of rotatable bonds is 4. The molecule has 0 aliphatic rings. The van der Waals surface area contributed by atoms with Gasteiger partial charge in [0.25, 0.3) is 0 Å². The van der Waals surface area contributed by atoms with Crippen LogP contribution < -0.4 is 5.73 Å². The first kappa shape index (κ1) is 7.65. The monoisotopic (exact) mass is 215 g/mol. The van der Waals surface area contributed by atoms with Crippen molar-refractivity contribution in [3.8, 4) is 0 Å². The summed E-state index contributed by atoms with van der Waals surface area (Å²) in [5, 5.41) is 0. The molecule has 0 bridgehead atoms. The Bertz CT molecular complexity index is 30.9. The van der Waals surface area contributed by atoms with Gasteiger partial charge in [-0.1, -0.05) is 0 Å². The van der Waals surface area contributed by atoms with E-state index in [-0.39, 0.29) is 0 Å². The number of unbranched alkanes of at least 4 members (excludes halogenated alkanes) is 1. The van der Waals surface area contributed by atoms with Crippen molar-refractivity contribution < 1.29 is 3.07 Å². The van der Waals surface area contributed by atoms with E-state index in [0.717, 1.165) is 26.0 Å². The zero-order valence-corrected chi connectivity index (χ0v) is 6.35. The van der Waals surface area contributed by atoms with Crippen molar-refractivity contribution in [3.63, 3.8) is 0 Å². The molecule has 7 heavy (non-hydrogen) atoms. The average molecular weight is 215 g/mol. The molecule has 2 N–H and O–H groups in total. The molecule has 0 saturated carbocycles. The number of hydrogen-bond donors (Lipinski definition) is 1. The molecule has 0 heterocycles. The normalized spacial score (nSPS) is 9.43. The van der Waals surface area contributed by atoms with Crippen LogP contribution in [0.2, 0.25) is 0 Å². The van der Waals surface area contributed by atoms with E-state index in [0.29, 0.717) is 0 Å². The van der Waals surface area contributed by atoms with Gasteiger partial charge in [-0.05, 0) is 19.4 Å². The molecule has 0 rings (SSSR count). The Morgan fingerprint density at radius 1 is 1.43 bits per heavy atom. The van der Waals surface area contributed by atoms with Crippen LogP contribution in [0, 0.1) is 0 Å². The summed E-state index contributed by atoms with van der Waals surface area (Å²) in [6.45, 7) is 1.61. The third-order valence-electron chi connectivity index (χ3n) is 0.676. The average Bonchev–Trinajstić information content (AvgIpc) is 1.69. The van der Waals surface area contributed by atoms with Gasteiger partial charge >= 0.3 is 0 Å². The van der Waals surface area contributed by atoms with E-state index in [2.05, 4.69) is 0 Å². The van der Waals surface area contributed by atoms with Gasteiger partial charge in [-0.15, -0.1) is 0 Å². The molecule has 2 nitrogen and oxygen atoms in total. The summed E-state index contributed by atoms with van der Waals surface area (Å²) in [6, 6.07) is 0. The quantitative estimate of drug-likeness (QED) is 0.562. The van der Waals surface area contributed by atoms with E-state index in [1.54, 1.807) is 0 Å². The van der Waals surface area contributed by atoms with Gasteiger partial charge < -0.3 is 8.80 Å². The molecule has 44 valence electrons. The summed E-state index contributed by atoms with van der Waals surface area (Å²) in [4.78, 5) is 0. The molecule has 0 saturated heterocycles. The van der Waals surface area contributed by atoms with Gasteiger partial charge in [-0.25, -0.2) is 0 Å². The van der Waals surface area contributed by atoms with Crippen LogP contribution in [-0.2, 0) is 3.07 Å². The Balaban J connectivity index is 2.45. The van der Waals surface area contributed by atoms with Crippen molar-refractivity contribution >= 4 is 23.0 Å². The topological polar surface area (TPSA) is 35.2 Å². The Hall–Kier alpha value is 0.650. The van der Waals surface area contributed by atoms with Gasteiger partial charge in [-0.3, -0.25) is 0 Å². The molecule has 0 amide bonds. The standard InChI is InChI=1S/C4H10INO/c5-7-4-2-1-3-6/h1-4,6H2. The van der Waals surface area contributed by atoms with Crippen molar-refractivity contribution in [2.75, 3.05) is 13.2 Å². The van der Waals surface area contributed by atoms with Crippen molar-refractivity contribution in [3.05, 3.63) is 0 Å². The predicted octanol–water partition coefficient (Wildman–Crippen LogP) is 1.09. The minimum atomic E-state index is 0.778. The molecule has 0 unspecified atom stereocenters. The van der Waals surface area contributed by atoms with E-state index in [9.17, 15) is 0 Å². The van der Waals surface area contributed by atoms with Gasteiger partial charge in [0.2, 0.25) is 0 Å². The van der Waals surface area contributed by atoms with E-state index in [1.807, 2.05) is 23.0 Å². The fourth-order valence-electron chi connectivity index (χ4n) is 0.301. The summed E-state index contributed by atoms with van der Waals surface area (Å²) < 4.78 is 4.76. The van der Waals surface area contributed by atoms with E-state index >= 15 is 0 Å². The minimum Gasteiger partial charge on any atom is -0.330 e. The highest BCUT2D eigenvalue weighted by Crippen LogP contribution is 1.90. The maximum Gasteiger partial charge on any atom is 0.109 e. The Labute approximate surface area is 58.1 Å². The van der Waals surface area contributed by atoms with Crippen LogP contribution in [0.25, 0.3) is 0 Å². The lowest BCUT2D eigenvalue weighted by Crippen LogP contribution is -1.99. The largest absolute Gasteiger partial charge is 0.330 e. The van der Waals surface area contributed by atoms with Crippen LogP contribution in [0.15, 0.2) is 0 Å². The Kier molecular flexibility index (Phi) is 7.27. The van der Waals surface area contributed by atoms with E-state index < -0.39 is 0 Å². The second kappa shape index (κ2) is 6.65. The van der Waals surface area contributed by atoms with Crippen LogP contribution in [-0.4, -0.2) is 13.2 Å². The molecule has 0 aromatic heterocycles. The van der Waals surface area contributed by atoms with Crippen molar-refractivity contribution in [2.24, 2.45) is 5.73 Å². The third kappa shape index (κ3) is 6.65. The zero-order valence-electron chi connectivity index (χ0n) is 4.19. The fourth-order valence-corrected chi connectivity index (χ4v) is 0.612. The molecule has 0 aromatic carbocycles. The van der Waals surface area contributed by atoms with Crippen molar-refractivity contribution in [1.82, 2.24) is 0 Å². The summed E-state index contributed by atoms with van der Waals surface area (Å²) in [5.41, 5.74) is 5.21. The molecule has 0 radical (unpaired) electrons. The minimum absolute atomic E-state index is 0.778. The lowest BCUT2D eigenvalue weighted by atomic mass is 10.3. The summed E-state index contributed by atoms with van der Waals surface area (Å²) >= 11 is 1.89. The molecule has 0 aliphatic carbocycles. The smallest absolute Gasteiger partial charge is 0.109 e. The van der Waals surface area contributed by atoms with Crippen molar-refractivity contribution in [2.45, 2.75) is 12.8 Å². The molecular formula is C4H10INO. The molecular weight excluding hydrogens is 205 g/mol. The van der Waals surface area contributed by atoms with Crippen LogP contribution in [0.3, 0.4) is 0 Å². The lowest BCUT2D eigenvalue weighted by Gasteiger charge is -1.91. The van der Waals surface area contributed by atoms with Gasteiger partial charge in [0.15, 0.2) is 0 Å². The predicted molar refractivity (Wildman–Crippen MR) is 38.3 cm³/mol. The zero-order chi connectivity index (χ0) is 5.54. The fraction of sp³-hybridized carbons (Fsp3) is 1.00. The highest BCUT2D eigenvalue weighted by molar-refractivity contribution is 14.1. The maximum atomic E-state index is 5.21. The van der Waals surface area contributed by atoms with Crippen LogP contribution in [0.5, 0.6) is 0 Å². The van der Waals surface area contributed by atoms with Gasteiger partial charge in [0.05, 0.1) is 6.61 Å². The van der Waals surface area contributed by atoms with Crippen LogP contribution >= 0.6 is 23.0 Å². The van der Waals surface area contributed by atoms with Gasteiger partial charge in [0, 0.05) is 0 Å². The molecule has 0 aromatic rings. The van der Waals surface area contributed by atoms with Crippen molar-refractivity contribution in [1.29, 1.82) is 0 Å². The molecule has 0 spiro atoms. The highest BCUT2D eigenvalue weighted by Gasteiger charge is 1.81. The second-order valence-electron chi connectivity index (χ2n) is 1.31. The number of nitrogens with two attached hydrogens (primary N) is 1. The summed E-state index contributed by atoms with van der Waals surface area (Å²) in [5.74, 6) is 0.